The summed E-state index contributed by atoms with van der Waals surface area (Å²) in [7, 11) is 0. The van der Waals surface area contributed by atoms with Gasteiger partial charge in [0.1, 0.15) is 0 Å². The minimum Gasteiger partial charge on any atom is -0.389 e. The van der Waals surface area contributed by atoms with Crippen LogP contribution in [-0.2, 0) is 6.42 Å². The van der Waals surface area contributed by atoms with E-state index >= 15 is 0 Å². The molecule has 2 nitrogen and oxygen atoms in total. The van der Waals surface area contributed by atoms with Crippen LogP contribution in [0.1, 0.15) is 42.3 Å². The van der Waals surface area contributed by atoms with E-state index in [1.807, 2.05) is 20.8 Å². The van der Waals surface area contributed by atoms with E-state index in [-0.39, 0.29) is 0 Å². The summed E-state index contributed by atoms with van der Waals surface area (Å²) < 4.78 is 0. The van der Waals surface area contributed by atoms with Crippen LogP contribution in [0, 0.1) is 13.8 Å². The Hall–Kier alpha value is -0.410. The van der Waals surface area contributed by atoms with Gasteiger partial charge in [0.05, 0.1) is 16.3 Å². The molecule has 0 radical (unpaired) electrons. The molecule has 0 saturated carbocycles. The number of nitrogens with zero attached hydrogens (tertiary/aromatic N) is 1. The second-order valence-electron chi connectivity index (χ2n) is 3.86. The predicted molar refractivity (Wildman–Crippen MR) is 60.8 cm³/mol. The van der Waals surface area contributed by atoms with Gasteiger partial charge in [0.2, 0.25) is 0 Å². The Morgan fingerprint density at radius 2 is 1.86 bits per heavy atom. The van der Waals surface area contributed by atoms with Gasteiger partial charge in [-0.3, -0.25) is 0 Å². The number of aryl methyl sites for hydroxylation is 2. The van der Waals surface area contributed by atoms with E-state index in [4.69, 9.17) is 0 Å². The first-order valence-corrected chi connectivity index (χ1v) is 5.97. The summed E-state index contributed by atoms with van der Waals surface area (Å²) in [5.74, 6) is 0. The van der Waals surface area contributed by atoms with Gasteiger partial charge >= 0.3 is 0 Å². The first-order chi connectivity index (χ1) is 6.50. The number of hydrogen-bond donors (Lipinski definition) is 1. The van der Waals surface area contributed by atoms with Gasteiger partial charge in [-0.2, -0.15) is 0 Å². The summed E-state index contributed by atoms with van der Waals surface area (Å²) in [6, 6.07) is 0. The maximum atomic E-state index is 10.1. The highest BCUT2D eigenvalue weighted by molar-refractivity contribution is 7.11. The molecule has 1 N–H and O–H groups in total. The molecule has 0 bridgehead atoms. The Morgan fingerprint density at radius 3 is 2.21 bits per heavy atom. The van der Waals surface area contributed by atoms with Crippen LogP contribution in [0.25, 0.3) is 0 Å². The van der Waals surface area contributed by atoms with Gasteiger partial charge in [-0.05, 0) is 26.7 Å². The van der Waals surface area contributed by atoms with Crippen molar-refractivity contribution in [1.82, 2.24) is 4.98 Å². The molecule has 0 atom stereocenters. The molecule has 0 saturated heterocycles. The normalized spacial score (nSPS) is 12.1. The first kappa shape index (κ1) is 11.7. The zero-order valence-electron chi connectivity index (χ0n) is 9.42. The molecule has 0 aliphatic rings. The van der Waals surface area contributed by atoms with Crippen LogP contribution in [0.5, 0.6) is 0 Å². The summed E-state index contributed by atoms with van der Waals surface area (Å²) in [4.78, 5) is 5.71. The lowest BCUT2D eigenvalue weighted by Crippen LogP contribution is -2.29. The molecular weight excluding hydrogens is 194 g/mol. The highest BCUT2D eigenvalue weighted by atomic mass is 32.1. The van der Waals surface area contributed by atoms with Crippen LogP contribution in [0.15, 0.2) is 0 Å². The van der Waals surface area contributed by atoms with Crippen molar-refractivity contribution in [2.75, 3.05) is 0 Å². The van der Waals surface area contributed by atoms with Gasteiger partial charge < -0.3 is 5.11 Å². The Morgan fingerprint density at radius 1 is 1.29 bits per heavy atom. The van der Waals surface area contributed by atoms with Crippen LogP contribution in [0.3, 0.4) is 0 Å². The van der Waals surface area contributed by atoms with Crippen molar-refractivity contribution in [3.63, 3.8) is 0 Å². The molecule has 3 heteroatoms. The van der Waals surface area contributed by atoms with Gasteiger partial charge in [0, 0.05) is 11.3 Å². The zero-order chi connectivity index (χ0) is 10.8. The second kappa shape index (κ2) is 4.41. The molecular formula is C11H19NOS. The standard InChI is InChI=1S/C11H19NOS/c1-5-11(13,6-2)7-10-12-8(3)9(4)14-10/h13H,5-7H2,1-4H3. The van der Waals surface area contributed by atoms with Gasteiger partial charge in [0.15, 0.2) is 0 Å². The van der Waals surface area contributed by atoms with Crippen molar-refractivity contribution in [2.45, 2.75) is 52.6 Å². The fourth-order valence-electron chi connectivity index (χ4n) is 1.40. The average molecular weight is 213 g/mol. The quantitative estimate of drug-likeness (QED) is 0.834. The molecule has 0 spiro atoms. The number of thiazole rings is 1. The molecule has 0 aromatic carbocycles. The fourth-order valence-corrected chi connectivity index (χ4v) is 2.47. The lowest BCUT2D eigenvalue weighted by molar-refractivity contribution is 0.0326. The van der Waals surface area contributed by atoms with Gasteiger partial charge in [0.25, 0.3) is 0 Å². The summed E-state index contributed by atoms with van der Waals surface area (Å²) >= 11 is 1.70. The molecule has 0 amide bonds. The zero-order valence-corrected chi connectivity index (χ0v) is 10.2. The first-order valence-electron chi connectivity index (χ1n) is 5.16. The number of aliphatic hydroxyl groups is 1. The Kier molecular flexibility index (Phi) is 3.67. The van der Waals surface area contributed by atoms with Gasteiger partial charge in [-0.15, -0.1) is 11.3 Å². The van der Waals surface area contributed by atoms with E-state index in [1.54, 1.807) is 11.3 Å². The van der Waals surface area contributed by atoms with E-state index < -0.39 is 5.60 Å². The Labute approximate surface area is 90.0 Å². The third-order valence-corrected chi connectivity index (χ3v) is 3.94. The van der Waals surface area contributed by atoms with E-state index in [0.29, 0.717) is 6.42 Å². The number of hydrogen-bond acceptors (Lipinski definition) is 3. The molecule has 14 heavy (non-hydrogen) atoms. The van der Waals surface area contributed by atoms with Crippen molar-refractivity contribution in [1.29, 1.82) is 0 Å². The molecule has 0 aliphatic heterocycles. The molecule has 1 aromatic rings. The van der Waals surface area contributed by atoms with Crippen molar-refractivity contribution < 1.29 is 5.11 Å². The molecule has 1 rings (SSSR count). The molecule has 0 fully saturated rings. The Balaban J connectivity index is 2.77. The summed E-state index contributed by atoms with van der Waals surface area (Å²) in [5, 5.41) is 11.2. The van der Waals surface area contributed by atoms with Gasteiger partial charge in [-0.25, -0.2) is 4.98 Å². The third-order valence-electron chi connectivity index (χ3n) is 2.87. The maximum Gasteiger partial charge on any atom is 0.0959 e. The van der Waals surface area contributed by atoms with E-state index in [9.17, 15) is 5.11 Å². The average Bonchev–Trinajstić information content (AvgIpc) is 2.45. The lowest BCUT2D eigenvalue weighted by Gasteiger charge is -2.23. The summed E-state index contributed by atoms with van der Waals surface area (Å²) in [6.07, 6.45) is 2.28. The smallest absolute Gasteiger partial charge is 0.0959 e. The predicted octanol–water partition coefficient (Wildman–Crippen LogP) is 2.85. The van der Waals surface area contributed by atoms with Crippen LogP contribution in [-0.4, -0.2) is 15.7 Å². The second-order valence-corrected chi connectivity index (χ2v) is 5.15. The van der Waals surface area contributed by atoms with Crippen LogP contribution in [0.2, 0.25) is 0 Å². The highest BCUT2D eigenvalue weighted by Crippen LogP contribution is 2.25. The summed E-state index contributed by atoms with van der Waals surface area (Å²) in [6.45, 7) is 8.15. The largest absolute Gasteiger partial charge is 0.389 e. The molecule has 1 heterocycles. The van der Waals surface area contributed by atoms with Crippen molar-refractivity contribution >= 4 is 11.3 Å². The minimum atomic E-state index is -0.559. The van der Waals surface area contributed by atoms with E-state index in [0.717, 1.165) is 23.5 Å². The summed E-state index contributed by atoms with van der Waals surface area (Å²) in [5.41, 5.74) is 0.538. The maximum absolute atomic E-state index is 10.1. The van der Waals surface area contributed by atoms with E-state index in [1.165, 1.54) is 4.88 Å². The lowest BCUT2D eigenvalue weighted by atomic mass is 9.94. The fraction of sp³-hybridized carbons (Fsp3) is 0.727. The van der Waals surface area contributed by atoms with Crippen molar-refractivity contribution in [3.05, 3.63) is 15.6 Å². The van der Waals surface area contributed by atoms with Crippen LogP contribution < -0.4 is 0 Å². The number of rotatable bonds is 4. The molecule has 0 unspecified atom stereocenters. The monoisotopic (exact) mass is 213 g/mol. The SMILES string of the molecule is CCC(O)(CC)Cc1nc(C)c(C)s1. The van der Waals surface area contributed by atoms with Crippen LogP contribution in [0.4, 0.5) is 0 Å². The van der Waals surface area contributed by atoms with Crippen molar-refractivity contribution in [3.8, 4) is 0 Å². The third kappa shape index (κ3) is 2.55. The molecule has 80 valence electrons. The minimum absolute atomic E-state index is 0.559. The van der Waals surface area contributed by atoms with Crippen LogP contribution >= 0.6 is 11.3 Å². The molecule has 0 aliphatic carbocycles. The number of aromatic nitrogens is 1. The van der Waals surface area contributed by atoms with Gasteiger partial charge in [-0.1, -0.05) is 13.8 Å². The van der Waals surface area contributed by atoms with Crippen molar-refractivity contribution in [2.24, 2.45) is 0 Å². The van der Waals surface area contributed by atoms with E-state index in [2.05, 4.69) is 11.9 Å². The highest BCUT2D eigenvalue weighted by Gasteiger charge is 2.24. The Bertz CT molecular complexity index is 283. The topological polar surface area (TPSA) is 33.1 Å². The molecule has 1 aromatic heterocycles.